The minimum absolute atomic E-state index is 0.0526. The molecular weight excluding hydrogens is 430 g/mol. The van der Waals surface area contributed by atoms with Crippen LogP contribution in [-0.2, 0) is 14.8 Å². The minimum Gasteiger partial charge on any atom is -0.326 e. The molecular formula is C23H25N3O5S. The molecule has 0 radical (unpaired) electrons. The van der Waals surface area contributed by atoms with Gasteiger partial charge in [0.15, 0.2) is 0 Å². The van der Waals surface area contributed by atoms with Crippen molar-refractivity contribution in [2.45, 2.75) is 37.5 Å². The molecule has 2 aromatic carbocycles. The largest absolute Gasteiger partial charge is 0.326 e. The molecule has 0 bridgehead atoms. The van der Waals surface area contributed by atoms with E-state index in [1.54, 1.807) is 30.3 Å². The van der Waals surface area contributed by atoms with Gasteiger partial charge in [0.05, 0.1) is 16.0 Å². The predicted octanol–water partition coefficient (Wildman–Crippen LogP) is 2.79. The van der Waals surface area contributed by atoms with Crippen LogP contribution in [0.4, 0.5) is 5.69 Å². The lowest BCUT2D eigenvalue weighted by Gasteiger charge is -2.26. The number of hydrogen-bond acceptors (Lipinski definition) is 5. The number of fused-ring (bicyclic) bond motifs is 1. The average Bonchev–Trinajstić information content (AvgIpc) is 3.02. The zero-order valence-corrected chi connectivity index (χ0v) is 18.7. The second kappa shape index (κ2) is 8.84. The van der Waals surface area contributed by atoms with Crippen LogP contribution in [-0.4, -0.2) is 55.0 Å². The van der Waals surface area contributed by atoms with E-state index in [0.717, 1.165) is 29.7 Å². The fraction of sp³-hybridized carbons (Fsp3) is 0.348. The Balaban J connectivity index is 1.39. The number of nitrogens with one attached hydrogen (secondary N) is 1. The highest BCUT2D eigenvalue weighted by molar-refractivity contribution is 7.89. The molecule has 0 atom stereocenters. The van der Waals surface area contributed by atoms with Crippen molar-refractivity contribution in [2.24, 2.45) is 0 Å². The topological polar surface area (TPSA) is 104 Å². The van der Waals surface area contributed by atoms with Crippen LogP contribution in [0.5, 0.6) is 0 Å². The number of anilines is 1. The Morgan fingerprint density at radius 3 is 2.44 bits per heavy atom. The van der Waals surface area contributed by atoms with Gasteiger partial charge >= 0.3 is 0 Å². The molecule has 1 N–H and O–H groups in total. The number of carbonyl (C=O) groups excluding carboxylic acids is 3. The number of aryl methyl sites for hydroxylation is 1. The molecule has 32 heavy (non-hydrogen) atoms. The number of piperidine rings is 1. The van der Waals surface area contributed by atoms with E-state index < -0.39 is 27.7 Å². The molecule has 1 fully saturated rings. The number of rotatable bonds is 6. The van der Waals surface area contributed by atoms with E-state index in [1.807, 2.05) is 6.92 Å². The van der Waals surface area contributed by atoms with Crippen LogP contribution in [0.2, 0.25) is 0 Å². The van der Waals surface area contributed by atoms with Crippen LogP contribution < -0.4 is 5.32 Å². The zero-order valence-electron chi connectivity index (χ0n) is 17.8. The van der Waals surface area contributed by atoms with Gasteiger partial charge < -0.3 is 5.32 Å². The summed E-state index contributed by atoms with van der Waals surface area (Å²) in [6.45, 7) is 2.79. The van der Waals surface area contributed by atoms with Crippen LogP contribution in [0.3, 0.4) is 0 Å². The molecule has 2 aliphatic rings. The van der Waals surface area contributed by atoms with Crippen molar-refractivity contribution in [1.82, 2.24) is 9.21 Å². The summed E-state index contributed by atoms with van der Waals surface area (Å²) < 4.78 is 27.2. The van der Waals surface area contributed by atoms with Gasteiger partial charge in [-0.15, -0.1) is 0 Å². The second-order valence-corrected chi connectivity index (χ2v) is 10.0. The van der Waals surface area contributed by atoms with E-state index in [2.05, 4.69) is 5.32 Å². The fourth-order valence-corrected chi connectivity index (χ4v) is 5.60. The number of amides is 3. The van der Waals surface area contributed by atoms with Crippen molar-refractivity contribution in [3.63, 3.8) is 0 Å². The number of imide groups is 1. The summed E-state index contributed by atoms with van der Waals surface area (Å²) in [6.07, 6.45) is 2.61. The summed E-state index contributed by atoms with van der Waals surface area (Å²) in [6, 6.07) is 11.2. The number of hydrogen-bond donors (Lipinski definition) is 1. The van der Waals surface area contributed by atoms with Crippen LogP contribution in [0.1, 0.15) is 52.0 Å². The number of nitrogens with zero attached hydrogens (tertiary/aromatic N) is 2. The van der Waals surface area contributed by atoms with E-state index in [1.165, 1.54) is 16.4 Å². The first-order chi connectivity index (χ1) is 15.3. The Hall–Kier alpha value is -3.04. The molecule has 2 aliphatic heterocycles. The second-order valence-electron chi connectivity index (χ2n) is 8.10. The van der Waals surface area contributed by atoms with Crippen LogP contribution in [0.25, 0.3) is 0 Å². The maximum atomic E-state index is 12.9. The van der Waals surface area contributed by atoms with Crippen molar-refractivity contribution in [3.05, 3.63) is 59.2 Å². The first kappa shape index (κ1) is 22.2. The lowest BCUT2D eigenvalue weighted by Crippen LogP contribution is -2.35. The van der Waals surface area contributed by atoms with Gasteiger partial charge in [-0.1, -0.05) is 24.1 Å². The van der Waals surface area contributed by atoms with Crippen molar-refractivity contribution in [1.29, 1.82) is 0 Å². The predicted molar refractivity (Wildman–Crippen MR) is 119 cm³/mol. The van der Waals surface area contributed by atoms with Crippen LogP contribution in [0.15, 0.2) is 47.4 Å². The molecule has 2 heterocycles. The molecule has 1 saturated heterocycles. The zero-order chi connectivity index (χ0) is 22.9. The van der Waals surface area contributed by atoms with Gasteiger partial charge in [-0.2, -0.15) is 4.31 Å². The third-order valence-corrected chi connectivity index (χ3v) is 7.65. The normalized spacial score (nSPS) is 16.8. The molecule has 0 unspecified atom stereocenters. The van der Waals surface area contributed by atoms with E-state index in [4.69, 9.17) is 0 Å². The summed E-state index contributed by atoms with van der Waals surface area (Å²) in [5.41, 5.74) is 1.93. The molecule has 4 rings (SSSR count). The fourth-order valence-electron chi connectivity index (χ4n) is 4.03. The molecule has 0 saturated carbocycles. The van der Waals surface area contributed by atoms with Crippen molar-refractivity contribution in [3.8, 4) is 0 Å². The quantitative estimate of drug-likeness (QED) is 0.675. The van der Waals surface area contributed by atoms with Gasteiger partial charge in [-0.3, -0.25) is 19.3 Å². The summed E-state index contributed by atoms with van der Waals surface area (Å²) >= 11 is 0. The molecule has 0 aromatic heterocycles. The molecule has 3 amide bonds. The number of carbonyl (C=O) groups is 3. The van der Waals surface area contributed by atoms with Gasteiger partial charge in [0.1, 0.15) is 0 Å². The molecule has 8 nitrogen and oxygen atoms in total. The highest BCUT2D eigenvalue weighted by Gasteiger charge is 2.35. The third-order valence-electron chi connectivity index (χ3n) is 5.76. The van der Waals surface area contributed by atoms with E-state index in [0.29, 0.717) is 29.9 Å². The summed E-state index contributed by atoms with van der Waals surface area (Å²) in [7, 11) is -3.61. The monoisotopic (exact) mass is 455 g/mol. The van der Waals surface area contributed by atoms with E-state index in [-0.39, 0.29) is 17.9 Å². The Morgan fingerprint density at radius 1 is 0.969 bits per heavy atom. The lowest BCUT2D eigenvalue weighted by atomic mass is 10.1. The van der Waals surface area contributed by atoms with Crippen molar-refractivity contribution in [2.75, 3.05) is 25.0 Å². The molecule has 9 heteroatoms. The summed E-state index contributed by atoms with van der Waals surface area (Å²) in [4.78, 5) is 38.7. The van der Waals surface area contributed by atoms with Crippen molar-refractivity contribution < 1.29 is 22.8 Å². The van der Waals surface area contributed by atoms with E-state index >= 15 is 0 Å². The van der Waals surface area contributed by atoms with Gasteiger partial charge in [-0.05, 0) is 50.1 Å². The number of benzene rings is 2. The molecule has 0 aliphatic carbocycles. The lowest BCUT2D eigenvalue weighted by molar-refractivity contribution is -0.116. The Kier molecular flexibility index (Phi) is 6.12. The Bertz CT molecular complexity index is 1190. The maximum Gasteiger partial charge on any atom is 0.261 e. The molecule has 0 spiro atoms. The summed E-state index contributed by atoms with van der Waals surface area (Å²) in [5.74, 6) is -1.23. The minimum atomic E-state index is -3.61. The van der Waals surface area contributed by atoms with E-state index in [9.17, 15) is 22.8 Å². The summed E-state index contributed by atoms with van der Waals surface area (Å²) in [5, 5.41) is 2.67. The molecule has 168 valence electrons. The standard InChI is InChI=1S/C23H25N3O5S/c1-16-8-9-19-20(14-16)23(29)26(22(19)28)13-10-21(27)24-17-6-5-7-18(15-17)32(30,31)25-11-3-2-4-12-25/h5-9,14-15H,2-4,10-13H2,1H3,(H,24,27). The first-order valence-corrected chi connectivity index (χ1v) is 12.1. The van der Waals surface area contributed by atoms with Crippen LogP contribution >= 0.6 is 0 Å². The smallest absolute Gasteiger partial charge is 0.261 e. The Labute approximate surface area is 187 Å². The van der Waals surface area contributed by atoms with Gasteiger partial charge in [0.25, 0.3) is 11.8 Å². The average molecular weight is 456 g/mol. The van der Waals surface area contributed by atoms with Crippen LogP contribution in [0, 0.1) is 6.92 Å². The highest BCUT2D eigenvalue weighted by atomic mass is 32.2. The SMILES string of the molecule is Cc1ccc2c(c1)C(=O)N(CCC(=O)Nc1cccc(S(=O)(=O)N3CCCCC3)c1)C2=O. The van der Waals surface area contributed by atoms with Gasteiger partial charge in [0, 0.05) is 31.7 Å². The first-order valence-electron chi connectivity index (χ1n) is 10.6. The van der Waals surface area contributed by atoms with Crippen molar-refractivity contribution >= 4 is 33.4 Å². The van der Waals surface area contributed by atoms with Gasteiger partial charge in [0.2, 0.25) is 15.9 Å². The van der Waals surface area contributed by atoms with Gasteiger partial charge in [-0.25, -0.2) is 8.42 Å². The number of sulfonamides is 1. The Morgan fingerprint density at radius 2 is 1.69 bits per heavy atom. The highest BCUT2D eigenvalue weighted by Crippen LogP contribution is 2.25. The maximum absolute atomic E-state index is 12.9. The molecule has 2 aromatic rings. The third kappa shape index (κ3) is 4.31.